The fourth-order valence-corrected chi connectivity index (χ4v) is 2.29. The Morgan fingerprint density at radius 1 is 1.13 bits per heavy atom. The van der Waals surface area contributed by atoms with Crippen LogP contribution in [-0.2, 0) is 14.4 Å². The predicted octanol–water partition coefficient (Wildman–Crippen LogP) is 2.24. The highest BCUT2D eigenvalue weighted by Gasteiger charge is 2.23. The predicted molar refractivity (Wildman–Crippen MR) is 89.7 cm³/mol. The molecule has 0 fully saturated rings. The Balaban J connectivity index is 2.77. The largest absolute Gasteiger partial charge is 0.481 e. The number of aliphatic carboxylic acids is 1. The summed E-state index contributed by atoms with van der Waals surface area (Å²) in [7, 11) is 0. The van der Waals surface area contributed by atoms with Crippen LogP contribution in [0.5, 0.6) is 0 Å². The Morgan fingerprint density at radius 3 is 2.17 bits per heavy atom. The van der Waals surface area contributed by atoms with Crippen molar-refractivity contribution < 1.29 is 19.5 Å². The average Bonchev–Trinajstić information content (AvgIpc) is 2.45. The van der Waals surface area contributed by atoms with Crippen molar-refractivity contribution in [3.05, 3.63) is 34.3 Å². The normalized spacial score (nSPS) is 14.4. The standard InChI is InChI=1S/C16H21BrN2O4/c1-9(16(22)23)10(2)18-15(21)8-14(19-11(3)20)12-4-6-13(17)7-5-12/h4-7,9-10,14H,8H2,1-3H3,(H,18,21)(H,19,20)(H,22,23). The highest BCUT2D eigenvalue weighted by molar-refractivity contribution is 9.10. The molecular formula is C16H21BrN2O4. The topological polar surface area (TPSA) is 95.5 Å². The minimum Gasteiger partial charge on any atom is -0.481 e. The van der Waals surface area contributed by atoms with E-state index < -0.39 is 24.0 Å². The molecule has 2 amide bonds. The van der Waals surface area contributed by atoms with Crippen molar-refractivity contribution in [2.45, 2.75) is 39.3 Å². The summed E-state index contributed by atoms with van der Waals surface area (Å²) in [6.07, 6.45) is 0.0396. The van der Waals surface area contributed by atoms with Gasteiger partial charge in [0.25, 0.3) is 0 Å². The van der Waals surface area contributed by atoms with Crippen LogP contribution in [-0.4, -0.2) is 28.9 Å². The van der Waals surface area contributed by atoms with Gasteiger partial charge in [0.15, 0.2) is 0 Å². The molecule has 0 aliphatic carbocycles. The highest BCUT2D eigenvalue weighted by Crippen LogP contribution is 2.20. The zero-order chi connectivity index (χ0) is 17.6. The van der Waals surface area contributed by atoms with E-state index >= 15 is 0 Å². The van der Waals surface area contributed by atoms with E-state index in [0.29, 0.717) is 0 Å². The smallest absolute Gasteiger partial charge is 0.308 e. The Morgan fingerprint density at radius 2 is 1.70 bits per heavy atom. The Hall–Kier alpha value is -1.89. The van der Waals surface area contributed by atoms with E-state index in [9.17, 15) is 14.4 Å². The number of amides is 2. The van der Waals surface area contributed by atoms with E-state index in [1.807, 2.05) is 24.3 Å². The van der Waals surface area contributed by atoms with Crippen LogP contribution in [0.1, 0.15) is 38.8 Å². The minimum absolute atomic E-state index is 0.0396. The van der Waals surface area contributed by atoms with E-state index in [4.69, 9.17) is 5.11 Å². The monoisotopic (exact) mass is 384 g/mol. The van der Waals surface area contributed by atoms with Crippen molar-refractivity contribution in [2.75, 3.05) is 0 Å². The van der Waals surface area contributed by atoms with E-state index in [0.717, 1.165) is 10.0 Å². The third kappa shape index (κ3) is 6.40. The van der Waals surface area contributed by atoms with Crippen molar-refractivity contribution in [1.82, 2.24) is 10.6 Å². The lowest BCUT2D eigenvalue weighted by atomic mass is 10.0. The molecule has 3 N–H and O–H groups in total. The second-order valence-electron chi connectivity index (χ2n) is 5.49. The van der Waals surface area contributed by atoms with Crippen LogP contribution < -0.4 is 10.6 Å². The van der Waals surface area contributed by atoms with Gasteiger partial charge in [0, 0.05) is 17.4 Å². The maximum absolute atomic E-state index is 12.1. The molecule has 0 saturated heterocycles. The van der Waals surface area contributed by atoms with Crippen LogP contribution in [0.2, 0.25) is 0 Å². The van der Waals surface area contributed by atoms with Crippen LogP contribution in [0.4, 0.5) is 0 Å². The van der Waals surface area contributed by atoms with Crippen LogP contribution in [0.3, 0.4) is 0 Å². The molecule has 6 nitrogen and oxygen atoms in total. The fourth-order valence-electron chi connectivity index (χ4n) is 2.03. The third-order valence-corrected chi connectivity index (χ3v) is 4.10. The lowest BCUT2D eigenvalue weighted by molar-refractivity contribution is -0.142. The number of rotatable bonds is 7. The second-order valence-corrected chi connectivity index (χ2v) is 6.41. The van der Waals surface area contributed by atoms with Gasteiger partial charge in [-0.25, -0.2) is 0 Å². The Kier molecular flexibility index (Phi) is 7.22. The first-order valence-corrected chi connectivity index (χ1v) is 8.04. The van der Waals surface area contributed by atoms with Gasteiger partial charge in [-0.1, -0.05) is 28.1 Å². The highest BCUT2D eigenvalue weighted by atomic mass is 79.9. The molecule has 126 valence electrons. The van der Waals surface area contributed by atoms with Crippen LogP contribution in [0, 0.1) is 5.92 Å². The Labute approximate surface area is 143 Å². The molecule has 23 heavy (non-hydrogen) atoms. The van der Waals surface area contributed by atoms with E-state index in [1.54, 1.807) is 6.92 Å². The summed E-state index contributed by atoms with van der Waals surface area (Å²) in [6.45, 7) is 4.57. The zero-order valence-corrected chi connectivity index (χ0v) is 14.9. The number of hydrogen-bond acceptors (Lipinski definition) is 3. The summed E-state index contributed by atoms with van der Waals surface area (Å²) in [5.41, 5.74) is 0.803. The molecule has 3 unspecified atom stereocenters. The van der Waals surface area contributed by atoms with Crippen molar-refractivity contribution in [3.8, 4) is 0 Å². The Bertz CT molecular complexity index is 574. The lowest BCUT2D eigenvalue weighted by Gasteiger charge is -2.21. The first-order chi connectivity index (χ1) is 10.7. The van der Waals surface area contributed by atoms with Crippen molar-refractivity contribution >= 4 is 33.7 Å². The van der Waals surface area contributed by atoms with E-state index in [-0.39, 0.29) is 18.2 Å². The molecule has 0 heterocycles. The second kappa shape index (κ2) is 8.67. The molecule has 0 aliphatic heterocycles. The maximum atomic E-state index is 12.1. The fraction of sp³-hybridized carbons (Fsp3) is 0.438. The van der Waals surface area contributed by atoms with Gasteiger partial charge in [-0.05, 0) is 31.5 Å². The number of benzene rings is 1. The van der Waals surface area contributed by atoms with Gasteiger partial charge < -0.3 is 15.7 Å². The van der Waals surface area contributed by atoms with E-state index in [1.165, 1.54) is 13.8 Å². The molecule has 7 heteroatoms. The molecule has 1 rings (SSSR count). The average molecular weight is 385 g/mol. The first kappa shape index (κ1) is 19.2. The summed E-state index contributed by atoms with van der Waals surface area (Å²) < 4.78 is 0.899. The summed E-state index contributed by atoms with van der Waals surface area (Å²) in [6, 6.07) is 6.34. The molecule has 1 aromatic rings. The molecule has 3 atom stereocenters. The summed E-state index contributed by atoms with van der Waals surface area (Å²) in [4.78, 5) is 34.4. The summed E-state index contributed by atoms with van der Waals surface area (Å²) >= 11 is 3.34. The zero-order valence-electron chi connectivity index (χ0n) is 13.3. The maximum Gasteiger partial charge on any atom is 0.308 e. The minimum atomic E-state index is -0.968. The van der Waals surface area contributed by atoms with Gasteiger partial charge in [0.05, 0.1) is 18.4 Å². The van der Waals surface area contributed by atoms with E-state index in [2.05, 4.69) is 26.6 Å². The first-order valence-electron chi connectivity index (χ1n) is 7.25. The lowest BCUT2D eigenvalue weighted by Crippen LogP contribution is -2.41. The molecular weight excluding hydrogens is 364 g/mol. The number of carboxylic acids is 1. The molecule has 0 bridgehead atoms. The molecule has 0 saturated carbocycles. The molecule has 0 radical (unpaired) electrons. The summed E-state index contributed by atoms with van der Waals surface area (Å²) in [5.74, 6) is -2.21. The number of halogens is 1. The number of carbonyl (C=O) groups is 3. The SMILES string of the molecule is CC(=O)NC(CC(=O)NC(C)C(C)C(=O)O)c1ccc(Br)cc1. The molecule has 1 aromatic carbocycles. The van der Waals surface area contributed by atoms with Crippen LogP contribution >= 0.6 is 15.9 Å². The molecule has 0 spiro atoms. The van der Waals surface area contributed by atoms with Gasteiger partial charge in [0.2, 0.25) is 11.8 Å². The number of carboxylic acid groups (broad SMARTS) is 1. The molecule has 0 aliphatic rings. The number of carbonyl (C=O) groups excluding carboxylic acids is 2. The third-order valence-electron chi connectivity index (χ3n) is 3.57. The van der Waals surface area contributed by atoms with Crippen molar-refractivity contribution in [2.24, 2.45) is 5.92 Å². The number of nitrogens with one attached hydrogen (secondary N) is 2. The van der Waals surface area contributed by atoms with Gasteiger partial charge >= 0.3 is 5.97 Å². The summed E-state index contributed by atoms with van der Waals surface area (Å²) in [5, 5.41) is 14.4. The van der Waals surface area contributed by atoms with Crippen molar-refractivity contribution in [1.29, 1.82) is 0 Å². The quantitative estimate of drug-likeness (QED) is 0.671. The number of hydrogen-bond donors (Lipinski definition) is 3. The van der Waals surface area contributed by atoms with Crippen molar-refractivity contribution in [3.63, 3.8) is 0 Å². The van der Waals surface area contributed by atoms with Gasteiger partial charge in [-0.15, -0.1) is 0 Å². The van der Waals surface area contributed by atoms with Gasteiger partial charge in [-0.3, -0.25) is 14.4 Å². The van der Waals surface area contributed by atoms with Crippen LogP contribution in [0.25, 0.3) is 0 Å². The molecule has 0 aromatic heterocycles. The van der Waals surface area contributed by atoms with Gasteiger partial charge in [0.1, 0.15) is 0 Å². The van der Waals surface area contributed by atoms with Gasteiger partial charge in [-0.2, -0.15) is 0 Å². The van der Waals surface area contributed by atoms with Crippen LogP contribution in [0.15, 0.2) is 28.7 Å².